The molecular weight excluding hydrogens is 520 g/mol. The van der Waals surface area contributed by atoms with Gasteiger partial charge in [-0.2, -0.15) is 0 Å². The molecule has 0 radical (unpaired) electrons. The molecule has 5 aromatic rings. The van der Waals surface area contributed by atoms with Crippen molar-refractivity contribution in [1.29, 1.82) is 0 Å². The van der Waals surface area contributed by atoms with Crippen LogP contribution in [0.3, 0.4) is 0 Å². The van der Waals surface area contributed by atoms with Crippen LogP contribution in [0.4, 0.5) is 0 Å². The molecular formula is C30H20O10. The van der Waals surface area contributed by atoms with Gasteiger partial charge in [0.15, 0.2) is 17.6 Å². The number of fused-ring (bicyclic) bond motifs is 2. The summed E-state index contributed by atoms with van der Waals surface area (Å²) in [6.07, 6.45) is -2.97. The summed E-state index contributed by atoms with van der Waals surface area (Å²) in [5, 5.41) is 61.5. The van der Waals surface area contributed by atoms with Gasteiger partial charge in [-0.05, 0) is 59.7 Å². The Kier molecular flexibility index (Phi) is 5.63. The SMILES string of the molecule is O=C1c2c(O)cc(O)cc2O[C@H](c2ccc(O)c(-c3cc(O)c4c(=O)cc(-c5ccc(O)cc5)oc4c3)c2)[C@H]1O. The highest BCUT2D eigenvalue weighted by Crippen LogP contribution is 2.44. The molecule has 0 fully saturated rings. The van der Waals surface area contributed by atoms with E-state index in [2.05, 4.69) is 0 Å². The van der Waals surface area contributed by atoms with Gasteiger partial charge in [0.1, 0.15) is 56.8 Å². The smallest absolute Gasteiger partial charge is 0.202 e. The molecule has 2 heterocycles. The van der Waals surface area contributed by atoms with Crippen LogP contribution in [0.25, 0.3) is 33.4 Å². The van der Waals surface area contributed by atoms with E-state index in [0.29, 0.717) is 5.56 Å². The lowest BCUT2D eigenvalue weighted by atomic mass is 9.91. The number of benzene rings is 4. The predicted molar refractivity (Wildman–Crippen MR) is 142 cm³/mol. The van der Waals surface area contributed by atoms with Crippen molar-refractivity contribution >= 4 is 16.8 Å². The number of Topliss-reactive ketones (excluding diaryl/α,β-unsaturated/α-hetero) is 1. The molecule has 0 saturated heterocycles. The molecule has 1 aromatic heterocycles. The topological polar surface area (TPSA) is 178 Å². The average Bonchev–Trinajstić information content (AvgIpc) is 2.90. The fourth-order valence-electron chi connectivity index (χ4n) is 4.82. The minimum atomic E-state index is -1.71. The molecule has 0 spiro atoms. The van der Waals surface area contributed by atoms with Crippen molar-refractivity contribution in [2.24, 2.45) is 0 Å². The van der Waals surface area contributed by atoms with Crippen LogP contribution in [0, 0.1) is 0 Å². The van der Waals surface area contributed by atoms with Crippen molar-refractivity contribution in [2.75, 3.05) is 0 Å². The van der Waals surface area contributed by atoms with Crippen molar-refractivity contribution in [3.05, 3.63) is 94.1 Å². The number of carbonyl (C=O) groups is 1. The van der Waals surface area contributed by atoms with Crippen LogP contribution in [-0.2, 0) is 0 Å². The Morgan fingerprint density at radius 3 is 2.17 bits per heavy atom. The number of ketones is 1. The number of hydrogen-bond acceptors (Lipinski definition) is 10. The van der Waals surface area contributed by atoms with Crippen molar-refractivity contribution < 1.29 is 44.6 Å². The van der Waals surface area contributed by atoms with Crippen LogP contribution < -0.4 is 10.2 Å². The average molecular weight is 540 g/mol. The highest BCUT2D eigenvalue weighted by atomic mass is 16.5. The third kappa shape index (κ3) is 4.03. The van der Waals surface area contributed by atoms with E-state index in [1.807, 2.05) is 0 Å². The van der Waals surface area contributed by atoms with E-state index in [-0.39, 0.29) is 62.0 Å². The molecule has 40 heavy (non-hydrogen) atoms. The first kappa shape index (κ1) is 24.8. The van der Waals surface area contributed by atoms with Crippen LogP contribution in [0.15, 0.2) is 82.0 Å². The van der Waals surface area contributed by atoms with E-state index in [9.17, 15) is 40.2 Å². The fraction of sp³-hybridized carbons (Fsp3) is 0.0667. The van der Waals surface area contributed by atoms with Gasteiger partial charge in [-0.3, -0.25) is 9.59 Å². The number of aromatic hydroxyl groups is 5. The maximum absolute atomic E-state index is 12.8. The molecule has 4 aromatic carbocycles. The Labute approximate surface area is 224 Å². The van der Waals surface area contributed by atoms with E-state index in [4.69, 9.17) is 9.15 Å². The number of carbonyl (C=O) groups excluding carboxylic acids is 1. The van der Waals surface area contributed by atoms with Gasteiger partial charge < -0.3 is 39.8 Å². The van der Waals surface area contributed by atoms with Gasteiger partial charge in [-0.25, -0.2) is 0 Å². The zero-order valence-electron chi connectivity index (χ0n) is 20.4. The number of aliphatic hydroxyl groups is 1. The molecule has 6 rings (SSSR count). The summed E-state index contributed by atoms with van der Waals surface area (Å²) in [6, 6.07) is 16.2. The zero-order valence-corrected chi connectivity index (χ0v) is 20.4. The number of hydrogen-bond donors (Lipinski definition) is 6. The second kappa shape index (κ2) is 9.07. The molecule has 2 atom stereocenters. The maximum Gasteiger partial charge on any atom is 0.202 e. The summed E-state index contributed by atoms with van der Waals surface area (Å²) < 4.78 is 11.7. The minimum Gasteiger partial charge on any atom is -0.508 e. The number of phenols is 5. The van der Waals surface area contributed by atoms with Crippen molar-refractivity contribution in [3.8, 4) is 56.9 Å². The second-order valence-electron chi connectivity index (χ2n) is 9.35. The van der Waals surface area contributed by atoms with Crippen LogP contribution in [0.5, 0.6) is 34.5 Å². The van der Waals surface area contributed by atoms with Crippen molar-refractivity contribution in [3.63, 3.8) is 0 Å². The van der Waals surface area contributed by atoms with E-state index in [0.717, 1.165) is 12.1 Å². The van der Waals surface area contributed by atoms with E-state index in [1.165, 1.54) is 48.5 Å². The molecule has 0 unspecified atom stereocenters. The first-order valence-electron chi connectivity index (χ1n) is 12.0. The molecule has 1 aliphatic rings. The van der Waals surface area contributed by atoms with E-state index in [1.54, 1.807) is 12.1 Å². The Hall–Kier alpha value is -5.48. The van der Waals surface area contributed by atoms with Gasteiger partial charge in [-0.15, -0.1) is 0 Å². The van der Waals surface area contributed by atoms with Crippen molar-refractivity contribution in [2.45, 2.75) is 12.2 Å². The summed E-state index contributed by atoms with van der Waals surface area (Å²) in [7, 11) is 0. The normalized spacial score (nSPS) is 16.5. The molecule has 0 aliphatic carbocycles. The Morgan fingerprint density at radius 1 is 0.675 bits per heavy atom. The number of rotatable bonds is 3. The molecule has 1 aliphatic heterocycles. The predicted octanol–water partition coefficient (Wildman–Crippen LogP) is 4.33. The van der Waals surface area contributed by atoms with Crippen LogP contribution in [-0.4, -0.2) is 42.5 Å². The Morgan fingerprint density at radius 2 is 1.43 bits per heavy atom. The molecule has 10 nitrogen and oxygen atoms in total. The molecule has 0 bridgehead atoms. The zero-order chi connectivity index (χ0) is 28.3. The third-order valence-electron chi connectivity index (χ3n) is 6.74. The third-order valence-corrected chi connectivity index (χ3v) is 6.74. The van der Waals surface area contributed by atoms with Crippen LogP contribution in [0.2, 0.25) is 0 Å². The van der Waals surface area contributed by atoms with Gasteiger partial charge in [0.05, 0.1) is 0 Å². The second-order valence-corrected chi connectivity index (χ2v) is 9.35. The Balaban J connectivity index is 1.45. The van der Waals surface area contributed by atoms with Gasteiger partial charge in [0.25, 0.3) is 0 Å². The lowest BCUT2D eigenvalue weighted by Crippen LogP contribution is -2.36. The summed E-state index contributed by atoms with van der Waals surface area (Å²) >= 11 is 0. The van der Waals surface area contributed by atoms with Crippen LogP contribution >= 0.6 is 0 Å². The quantitative estimate of drug-likeness (QED) is 0.193. The largest absolute Gasteiger partial charge is 0.508 e. The maximum atomic E-state index is 12.8. The first-order chi connectivity index (χ1) is 19.1. The van der Waals surface area contributed by atoms with E-state index < -0.39 is 34.9 Å². The minimum absolute atomic E-state index is 0.0272. The summed E-state index contributed by atoms with van der Waals surface area (Å²) in [4.78, 5) is 25.7. The first-order valence-corrected chi connectivity index (χ1v) is 12.0. The standard InChI is InChI=1S/C30H20O10/c31-16-4-1-13(2-5-16)23-12-22(36)26-20(34)8-15(9-24(26)39-23)18-7-14(3-6-19(18)33)30-29(38)28(37)27-21(35)10-17(32)11-25(27)40-30/h1-12,29-35,38H/t29-,30+/m0/s1. The molecule has 200 valence electrons. The lowest BCUT2D eigenvalue weighted by Gasteiger charge is -2.30. The lowest BCUT2D eigenvalue weighted by molar-refractivity contribution is 0.0211. The number of phenolic OH excluding ortho intramolecular Hbond substituents is 5. The molecule has 0 amide bonds. The molecule has 0 saturated carbocycles. The number of aliphatic hydroxyl groups excluding tert-OH is 1. The summed E-state index contributed by atoms with van der Waals surface area (Å²) in [6.45, 7) is 0. The molecule has 6 N–H and O–H groups in total. The summed E-state index contributed by atoms with van der Waals surface area (Å²) in [5.74, 6) is -2.21. The van der Waals surface area contributed by atoms with Gasteiger partial charge >= 0.3 is 0 Å². The Bertz CT molecular complexity index is 1890. The highest BCUT2D eigenvalue weighted by molar-refractivity contribution is 6.05. The van der Waals surface area contributed by atoms with E-state index >= 15 is 0 Å². The van der Waals surface area contributed by atoms with Gasteiger partial charge in [0, 0.05) is 29.3 Å². The van der Waals surface area contributed by atoms with Crippen molar-refractivity contribution in [1.82, 2.24) is 0 Å². The molecule has 10 heteroatoms. The van der Waals surface area contributed by atoms with Gasteiger partial charge in [0.2, 0.25) is 5.78 Å². The monoisotopic (exact) mass is 540 g/mol. The van der Waals surface area contributed by atoms with Crippen LogP contribution in [0.1, 0.15) is 22.0 Å². The number of ether oxygens (including phenoxy) is 1. The summed E-state index contributed by atoms with van der Waals surface area (Å²) in [5.41, 5.74) is 0.452. The fourth-order valence-corrected chi connectivity index (χ4v) is 4.82. The highest BCUT2D eigenvalue weighted by Gasteiger charge is 2.39. The van der Waals surface area contributed by atoms with Gasteiger partial charge in [-0.1, -0.05) is 6.07 Å².